The SMILES string of the molecule is COc1ccc(C2=CN3C(=O)c4cc(OC)c(OCCCCCOc5cc6c(cc5OC)C(=O)N5CC7(CC7)C[C@H]5C(O)N6C(=O)OCc5ccc(NC(=O)C(C)NC(=O)[C@H](NC(=O)CCCCCN6C(=O)C=CC6=O)C(C)C)cc5)cc4NC[C@@H]3C2)cc1. The van der Waals surface area contributed by atoms with Gasteiger partial charge in [0, 0.05) is 62.2 Å². The zero-order valence-electron chi connectivity index (χ0n) is 51.1. The zero-order valence-corrected chi connectivity index (χ0v) is 51.1. The van der Waals surface area contributed by atoms with E-state index >= 15 is 0 Å². The molecule has 10 rings (SSSR count). The third-order valence-corrected chi connectivity index (χ3v) is 17.3. The van der Waals surface area contributed by atoms with E-state index in [1.54, 1.807) is 74.3 Å². The second-order valence-corrected chi connectivity index (χ2v) is 23.9. The molecule has 5 heterocycles. The van der Waals surface area contributed by atoms with Crippen LogP contribution >= 0.6 is 0 Å². The maximum absolute atomic E-state index is 14.4. The number of hydrogen-bond acceptors (Lipinski definition) is 16. The normalized spacial score (nSPS) is 19.2. The molecule has 0 aromatic heterocycles. The number of nitrogens with zero attached hydrogens (tertiary/aromatic N) is 4. The highest BCUT2D eigenvalue weighted by Gasteiger charge is 2.58. The van der Waals surface area contributed by atoms with Gasteiger partial charge in [0.25, 0.3) is 23.6 Å². The van der Waals surface area contributed by atoms with Crippen LogP contribution in [0.5, 0.6) is 28.7 Å². The second-order valence-electron chi connectivity index (χ2n) is 23.9. The molecular formula is C66H78N8O15. The van der Waals surface area contributed by atoms with Gasteiger partial charge in [0.15, 0.2) is 29.2 Å². The lowest BCUT2D eigenvalue weighted by molar-refractivity contribution is -0.137. The Morgan fingerprint density at radius 2 is 1.39 bits per heavy atom. The highest BCUT2D eigenvalue weighted by atomic mass is 16.6. The van der Waals surface area contributed by atoms with Crippen molar-refractivity contribution in [1.82, 2.24) is 25.3 Å². The molecule has 1 saturated heterocycles. The summed E-state index contributed by atoms with van der Waals surface area (Å²) in [5.74, 6) is -0.604. The third-order valence-electron chi connectivity index (χ3n) is 17.3. The Morgan fingerprint density at radius 3 is 2.04 bits per heavy atom. The molecule has 0 bridgehead atoms. The van der Waals surface area contributed by atoms with Gasteiger partial charge in [-0.25, -0.2) is 9.69 Å². The topological polar surface area (TPSA) is 273 Å². The van der Waals surface area contributed by atoms with E-state index < -0.39 is 42.3 Å². The summed E-state index contributed by atoms with van der Waals surface area (Å²) >= 11 is 0. The molecular weight excluding hydrogens is 1140 g/mol. The fraction of sp³-hybridized carbons (Fsp3) is 0.455. The van der Waals surface area contributed by atoms with Gasteiger partial charge >= 0.3 is 6.09 Å². The van der Waals surface area contributed by atoms with Crippen molar-refractivity contribution >= 4 is 70.1 Å². The van der Waals surface area contributed by atoms with E-state index in [0.29, 0.717) is 105 Å². The van der Waals surface area contributed by atoms with Crippen LogP contribution in [0.4, 0.5) is 21.9 Å². The number of amides is 8. The van der Waals surface area contributed by atoms with Crippen molar-refractivity contribution in [2.75, 3.05) is 69.7 Å². The summed E-state index contributed by atoms with van der Waals surface area (Å²) in [7, 11) is 4.64. The molecule has 472 valence electrons. The van der Waals surface area contributed by atoms with E-state index in [1.165, 1.54) is 32.3 Å². The van der Waals surface area contributed by atoms with Crippen LogP contribution in [0.3, 0.4) is 0 Å². The van der Waals surface area contributed by atoms with Crippen LogP contribution in [0, 0.1) is 11.3 Å². The summed E-state index contributed by atoms with van der Waals surface area (Å²) < 4.78 is 35.2. The molecule has 1 spiro atoms. The molecule has 0 radical (unpaired) electrons. The Balaban J connectivity index is 0.712. The van der Waals surface area contributed by atoms with Gasteiger partial charge in [0.05, 0.1) is 69.1 Å². The number of aliphatic hydroxyl groups is 1. The lowest BCUT2D eigenvalue weighted by Crippen LogP contribution is -2.53. The average molecular weight is 1220 g/mol. The summed E-state index contributed by atoms with van der Waals surface area (Å²) in [5, 5.41) is 23.8. The quantitative estimate of drug-likeness (QED) is 0.0300. The maximum atomic E-state index is 14.4. The maximum Gasteiger partial charge on any atom is 0.416 e. The summed E-state index contributed by atoms with van der Waals surface area (Å²) in [4.78, 5) is 111. The first-order chi connectivity index (χ1) is 42.9. The van der Waals surface area contributed by atoms with E-state index in [2.05, 4.69) is 21.3 Å². The van der Waals surface area contributed by atoms with Crippen LogP contribution in [-0.4, -0.2) is 152 Å². The van der Waals surface area contributed by atoms with Crippen molar-refractivity contribution in [1.29, 1.82) is 0 Å². The summed E-state index contributed by atoms with van der Waals surface area (Å²) in [5.41, 5.74) is 4.35. The Labute approximate surface area is 517 Å². The fourth-order valence-electron chi connectivity index (χ4n) is 12.0. The molecule has 2 unspecified atom stereocenters. The highest BCUT2D eigenvalue weighted by Crippen LogP contribution is 2.57. The van der Waals surface area contributed by atoms with Crippen LogP contribution in [0.25, 0.3) is 5.57 Å². The summed E-state index contributed by atoms with van der Waals surface area (Å²) in [6.45, 7) is 6.72. The molecule has 23 heteroatoms. The number of fused-ring (bicyclic) bond motifs is 4. The van der Waals surface area contributed by atoms with Crippen LogP contribution in [-0.2, 0) is 35.3 Å². The van der Waals surface area contributed by atoms with E-state index in [0.717, 1.165) is 39.5 Å². The highest BCUT2D eigenvalue weighted by molar-refractivity contribution is 6.13. The van der Waals surface area contributed by atoms with Gasteiger partial charge in [-0.1, -0.05) is 44.5 Å². The number of rotatable bonds is 26. The third kappa shape index (κ3) is 14.2. The Hall–Kier alpha value is -9.12. The number of benzene rings is 4. The predicted molar refractivity (Wildman–Crippen MR) is 328 cm³/mol. The number of carbonyl (C=O) groups is 8. The van der Waals surface area contributed by atoms with Crippen LogP contribution in [0.1, 0.15) is 123 Å². The average Bonchev–Trinajstić information content (AvgIpc) is 1.62. The standard InChI is InChI=1S/C66H78N8O15/c1-39(2)59(70-56(75)13-9-7-10-26-71-57(76)22-23-58(71)77)61(79)68-40(3)60(78)69-44-18-14-41(15-19-44)37-89-65(83)74-50-33-55(53(86-6)31-48(50)63(81)73-38-66(24-25-66)34-51(73)64(74)82)88-28-12-8-11-27-87-54-32-49-47(30-52(54)85-5)62(80)72-36-43(29-45(72)35-67-49)42-16-20-46(84-4)21-17-42/h14-23,30-33,36,39-40,45,51,59,64,67,82H,7-13,24-29,34-35,37-38H2,1-6H3,(H,68,79)(H,69,78)(H,70,75)/t40?,45-,51-,59+,64?/m0/s1. The van der Waals surface area contributed by atoms with Crippen molar-refractivity contribution < 1.29 is 71.9 Å². The number of anilines is 3. The lowest BCUT2D eigenvalue weighted by Gasteiger charge is -2.31. The number of imide groups is 1. The van der Waals surface area contributed by atoms with Crippen LogP contribution in [0.15, 0.2) is 91.1 Å². The van der Waals surface area contributed by atoms with Crippen molar-refractivity contribution in [2.24, 2.45) is 11.3 Å². The summed E-state index contributed by atoms with van der Waals surface area (Å²) in [6.07, 6.45) is 8.81. The fourth-order valence-corrected chi connectivity index (χ4v) is 12.0. The molecule has 5 aliphatic heterocycles. The lowest BCUT2D eigenvalue weighted by atomic mass is 10.0. The molecule has 2 fully saturated rings. The number of aliphatic hydroxyl groups excluding tert-OH is 1. The number of unbranched alkanes of at least 4 members (excludes halogenated alkanes) is 4. The van der Waals surface area contributed by atoms with Crippen molar-refractivity contribution in [2.45, 2.75) is 128 Å². The molecule has 6 aliphatic rings. The molecule has 89 heavy (non-hydrogen) atoms. The molecule has 5 N–H and O–H groups in total. The number of methoxy groups -OCH3 is 3. The van der Waals surface area contributed by atoms with E-state index in [4.69, 9.17) is 28.4 Å². The van der Waals surface area contributed by atoms with Crippen molar-refractivity contribution in [3.05, 3.63) is 113 Å². The zero-order chi connectivity index (χ0) is 63.1. The van der Waals surface area contributed by atoms with Gasteiger partial charge in [-0.2, -0.15) is 0 Å². The first-order valence-electron chi connectivity index (χ1n) is 30.5. The smallest absolute Gasteiger partial charge is 0.416 e. The molecule has 23 nitrogen and oxygen atoms in total. The predicted octanol–water partition coefficient (Wildman–Crippen LogP) is 7.56. The largest absolute Gasteiger partial charge is 0.497 e. The molecule has 8 amide bonds. The van der Waals surface area contributed by atoms with Crippen LogP contribution < -0.4 is 49.9 Å². The molecule has 1 saturated carbocycles. The first kappa shape index (κ1) is 62.9. The van der Waals surface area contributed by atoms with E-state index in [9.17, 15) is 43.5 Å². The molecule has 4 aromatic rings. The van der Waals surface area contributed by atoms with Gasteiger partial charge in [-0.05, 0) is 129 Å². The van der Waals surface area contributed by atoms with Crippen LogP contribution in [0.2, 0.25) is 0 Å². The van der Waals surface area contributed by atoms with Gasteiger partial charge in [0.1, 0.15) is 24.4 Å². The van der Waals surface area contributed by atoms with Crippen molar-refractivity contribution in [3.63, 3.8) is 0 Å². The summed E-state index contributed by atoms with van der Waals surface area (Å²) in [6, 6.07) is 18.3. The number of carbonyl (C=O) groups excluding carboxylic acids is 8. The molecule has 4 aromatic carbocycles. The number of hydrogen-bond donors (Lipinski definition) is 5. The molecule has 5 atom stereocenters. The van der Waals surface area contributed by atoms with Gasteiger partial charge < -0.3 is 64.6 Å². The Bertz CT molecular complexity index is 3400. The Kier molecular flexibility index (Phi) is 19.4. The Morgan fingerprint density at radius 1 is 0.730 bits per heavy atom. The second kappa shape index (κ2) is 27.5. The minimum absolute atomic E-state index is 0.0663. The van der Waals surface area contributed by atoms with Crippen molar-refractivity contribution in [3.8, 4) is 28.7 Å². The number of ether oxygens (including phenoxy) is 6. The van der Waals surface area contributed by atoms with Gasteiger partial charge in [0.2, 0.25) is 17.7 Å². The first-order valence-corrected chi connectivity index (χ1v) is 30.5. The van der Waals surface area contributed by atoms with Gasteiger partial charge in [-0.3, -0.25) is 38.5 Å². The van der Waals surface area contributed by atoms with E-state index in [-0.39, 0.29) is 95.8 Å². The number of nitrogens with one attached hydrogen (secondary N) is 4. The molecule has 1 aliphatic carbocycles. The minimum Gasteiger partial charge on any atom is -0.497 e. The van der Waals surface area contributed by atoms with Gasteiger partial charge in [-0.15, -0.1) is 0 Å². The van der Waals surface area contributed by atoms with E-state index in [1.807, 2.05) is 36.5 Å². The minimum atomic E-state index is -1.45. The monoisotopic (exact) mass is 1220 g/mol.